The summed E-state index contributed by atoms with van der Waals surface area (Å²) in [5.41, 5.74) is -0.00928. The lowest BCUT2D eigenvalue weighted by atomic mass is 9.84. The fourth-order valence-electron chi connectivity index (χ4n) is 2.95. The number of rotatable bonds is 5. The van der Waals surface area contributed by atoms with Crippen LogP contribution in [0.1, 0.15) is 42.5 Å². The Morgan fingerprint density at radius 3 is 2.35 bits per heavy atom. The summed E-state index contributed by atoms with van der Waals surface area (Å²) in [5.74, 6) is -0.299. The molecule has 0 saturated heterocycles. The molecule has 2 rings (SSSR count). The molecule has 0 aromatic heterocycles. The van der Waals surface area contributed by atoms with Crippen LogP contribution in [0.25, 0.3) is 0 Å². The van der Waals surface area contributed by atoms with Crippen LogP contribution in [0.2, 0.25) is 0 Å². The first-order valence-electron chi connectivity index (χ1n) is 7.69. The van der Waals surface area contributed by atoms with Crippen molar-refractivity contribution in [2.45, 2.75) is 37.7 Å². The normalized spacial score (nSPS) is 16.5. The van der Waals surface area contributed by atoms with E-state index in [-0.39, 0.29) is 11.5 Å². The molecule has 6 nitrogen and oxygen atoms in total. The van der Waals surface area contributed by atoms with E-state index in [2.05, 4.69) is 5.32 Å². The summed E-state index contributed by atoms with van der Waals surface area (Å²) in [6.07, 6.45) is 4.46. The lowest BCUT2D eigenvalue weighted by molar-refractivity contribution is -0.141. The van der Waals surface area contributed by atoms with Gasteiger partial charge in [0.25, 0.3) is 5.91 Å². The van der Waals surface area contributed by atoms with Crippen molar-refractivity contribution in [3.8, 4) is 5.75 Å². The fraction of sp³-hybridized carbons (Fsp3) is 0.529. The highest BCUT2D eigenvalue weighted by Gasteiger charge is 2.39. The minimum absolute atomic E-state index is 0.180. The molecule has 6 heteroatoms. The van der Waals surface area contributed by atoms with Gasteiger partial charge < -0.3 is 19.5 Å². The predicted molar refractivity (Wildman–Crippen MR) is 85.8 cm³/mol. The van der Waals surface area contributed by atoms with Crippen molar-refractivity contribution in [3.63, 3.8) is 0 Å². The van der Waals surface area contributed by atoms with E-state index < -0.39 is 11.6 Å². The zero-order chi connectivity index (χ0) is 16.9. The number of amides is 1. The number of hydrogen-bond donors (Lipinski definition) is 1. The summed E-state index contributed by atoms with van der Waals surface area (Å²) in [4.78, 5) is 24.5. The van der Waals surface area contributed by atoms with Crippen molar-refractivity contribution in [1.82, 2.24) is 0 Å². The van der Waals surface area contributed by atoms with Gasteiger partial charge in [-0.15, -0.1) is 0 Å². The number of ether oxygens (including phenoxy) is 3. The van der Waals surface area contributed by atoms with Gasteiger partial charge in [-0.2, -0.15) is 0 Å². The average molecular weight is 321 g/mol. The van der Waals surface area contributed by atoms with Crippen LogP contribution in [0.3, 0.4) is 0 Å². The number of carbonyl (C=O) groups excluding carboxylic acids is 2. The summed E-state index contributed by atoms with van der Waals surface area (Å²) in [5, 5.41) is 2.85. The Kier molecular flexibility index (Phi) is 5.60. The monoisotopic (exact) mass is 321 g/mol. The van der Waals surface area contributed by atoms with Crippen molar-refractivity contribution in [2.24, 2.45) is 0 Å². The predicted octanol–water partition coefficient (Wildman–Crippen LogP) is 2.77. The van der Waals surface area contributed by atoms with E-state index >= 15 is 0 Å². The summed E-state index contributed by atoms with van der Waals surface area (Å²) in [7, 11) is 4.34. The Hall–Kier alpha value is -2.08. The van der Waals surface area contributed by atoms with E-state index in [1.165, 1.54) is 14.2 Å². The Morgan fingerprint density at radius 2 is 1.78 bits per heavy atom. The van der Waals surface area contributed by atoms with E-state index in [9.17, 15) is 9.59 Å². The third kappa shape index (κ3) is 3.64. The first-order chi connectivity index (χ1) is 11.1. The summed E-state index contributed by atoms with van der Waals surface area (Å²) in [6, 6.07) is 4.87. The minimum atomic E-state index is -0.788. The standard InChI is InChI=1S/C17H23NO5/c1-21-14-8-7-12(11-13(14)15(19)22-2)18-16(20)17(23-3)9-5-4-6-10-17/h7-8,11H,4-6,9-10H2,1-3H3,(H,18,20). The quantitative estimate of drug-likeness (QED) is 0.844. The molecule has 0 radical (unpaired) electrons. The largest absolute Gasteiger partial charge is 0.496 e. The molecular formula is C17H23NO5. The highest BCUT2D eigenvalue weighted by molar-refractivity contribution is 5.99. The van der Waals surface area contributed by atoms with Gasteiger partial charge in [0.1, 0.15) is 16.9 Å². The molecule has 1 N–H and O–H groups in total. The fourth-order valence-corrected chi connectivity index (χ4v) is 2.95. The van der Waals surface area contributed by atoms with Gasteiger partial charge in [0, 0.05) is 12.8 Å². The maximum Gasteiger partial charge on any atom is 0.341 e. The van der Waals surface area contributed by atoms with Crippen molar-refractivity contribution < 1.29 is 23.8 Å². The number of benzene rings is 1. The van der Waals surface area contributed by atoms with Gasteiger partial charge in [0.15, 0.2) is 0 Å². The molecule has 1 aliphatic rings. The molecule has 1 amide bonds. The van der Waals surface area contributed by atoms with Gasteiger partial charge in [0.2, 0.25) is 0 Å². The molecule has 1 fully saturated rings. The van der Waals surface area contributed by atoms with Gasteiger partial charge in [-0.05, 0) is 31.0 Å². The molecule has 1 aromatic carbocycles. The molecular weight excluding hydrogens is 298 g/mol. The van der Waals surface area contributed by atoms with Crippen LogP contribution in [0, 0.1) is 0 Å². The summed E-state index contributed by atoms with van der Waals surface area (Å²) in [6.45, 7) is 0. The lowest BCUT2D eigenvalue weighted by Gasteiger charge is -2.34. The molecule has 0 heterocycles. The molecule has 0 bridgehead atoms. The summed E-state index contributed by atoms with van der Waals surface area (Å²) < 4.78 is 15.4. The van der Waals surface area contributed by atoms with Crippen LogP contribution >= 0.6 is 0 Å². The number of esters is 1. The van der Waals surface area contributed by atoms with Crippen molar-refractivity contribution in [1.29, 1.82) is 0 Å². The van der Waals surface area contributed by atoms with Crippen LogP contribution in [0.5, 0.6) is 5.75 Å². The van der Waals surface area contributed by atoms with Gasteiger partial charge in [-0.1, -0.05) is 19.3 Å². The third-order valence-corrected chi connectivity index (χ3v) is 4.33. The van der Waals surface area contributed by atoms with Crippen molar-refractivity contribution >= 4 is 17.6 Å². The highest BCUT2D eigenvalue weighted by atomic mass is 16.5. The second-order valence-corrected chi connectivity index (χ2v) is 5.62. The van der Waals surface area contributed by atoms with Crippen molar-refractivity contribution in [2.75, 3.05) is 26.6 Å². The number of hydrogen-bond acceptors (Lipinski definition) is 5. The molecule has 23 heavy (non-hydrogen) atoms. The van der Waals surface area contributed by atoms with Crippen LogP contribution in [0.4, 0.5) is 5.69 Å². The van der Waals surface area contributed by atoms with E-state index in [0.717, 1.165) is 19.3 Å². The van der Waals surface area contributed by atoms with Crippen LogP contribution in [-0.2, 0) is 14.3 Å². The Balaban J connectivity index is 2.22. The maximum atomic E-state index is 12.6. The Morgan fingerprint density at radius 1 is 1.09 bits per heavy atom. The van der Waals surface area contributed by atoms with E-state index in [4.69, 9.17) is 14.2 Å². The molecule has 1 aliphatic carbocycles. The maximum absolute atomic E-state index is 12.6. The molecule has 0 atom stereocenters. The van der Waals surface area contributed by atoms with E-state index in [0.29, 0.717) is 24.3 Å². The number of anilines is 1. The van der Waals surface area contributed by atoms with Gasteiger partial charge in [0.05, 0.1) is 14.2 Å². The first-order valence-corrected chi connectivity index (χ1v) is 7.69. The molecule has 0 aliphatic heterocycles. The molecule has 1 saturated carbocycles. The van der Waals surface area contributed by atoms with Crippen LogP contribution in [0.15, 0.2) is 18.2 Å². The zero-order valence-electron chi connectivity index (χ0n) is 13.8. The first kappa shape index (κ1) is 17.3. The van der Waals surface area contributed by atoms with E-state index in [1.807, 2.05) is 0 Å². The smallest absolute Gasteiger partial charge is 0.341 e. The molecule has 126 valence electrons. The topological polar surface area (TPSA) is 73.9 Å². The van der Waals surface area contributed by atoms with Crippen LogP contribution in [-0.4, -0.2) is 38.8 Å². The number of nitrogens with one attached hydrogen (secondary N) is 1. The van der Waals surface area contributed by atoms with Crippen LogP contribution < -0.4 is 10.1 Å². The van der Waals surface area contributed by atoms with Gasteiger partial charge in [-0.25, -0.2) is 4.79 Å². The SMILES string of the molecule is COC(=O)c1cc(NC(=O)C2(OC)CCCCC2)ccc1OC. The minimum Gasteiger partial charge on any atom is -0.496 e. The molecule has 1 aromatic rings. The Bertz CT molecular complexity index is 578. The number of carbonyl (C=O) groups is 2. The lowest BCUT2D eigenvalue weighted by Crippen LogP contribution is -2.46. The molecule has 0 unspecified atom stereocenters. The zero-order valence-corrected chi connectivity index (χ0v) is 13.8. The van der Waals surface area contributed by atoms with Crippen molar-refractivity contribution in [3.05, 3.63) is 23.8 Å². The highest BCUT2D eigenvalue weighted by Crippen LogP contribution is 2.33. The summed E-state index contributed by atoms with van der Waals surface area (Å²) >= 11 is 0. The van der Waals surface area contributed by atoms with Gasteiger partial charge >= 0.3 is 5.97 Å². The third-order valence-electron chi connectivity index (χ3n) is 4.33. The average Bonchev–Trinajstić information content (AvgIpc) is 2.61. The van der Waals surface area contributed by atoms with E-state index in [1.54, 1.807) is 25.3 Å². The number of methoxy groups -OCH3 is 3. The molecule has 0 spiro atoms. The Labute approximate surface area is 136 Å². The second kappa shape index (κ2) is 7.46. The van der Waals surface area contributed by atoms with Gasteiger partial charge in [-0.3, -0.25) is 4.79 Å². The second-order valence-electron chi connectivity index (χ2n) is 5.62.